The van der Waals surface area contributed by atoms with Crippen molar-refractivity contribution in [1.29, 1.82) is 0 Å². The number of likely N-dealkylation sites (N-methyl/N-ethyl adjacent to an activating group) is 1. The minimum Gasteiger partial charge on any atom is -0.392 e. The van der Waals surface area contributed by atoms with Gasteiger partial charge >= 0.3 is 0 Å². The highest BCUT2D eigenvalue weighted by molar-refractivity contribution is 4.60. The summed E-state index contributed by atoms with van der Waals surface area (Å²) in [6, 6.07) is 0. The highest BCUT2D eigenvalue weighted by atomic mass is 16.3. The van der Waals surface area contributed by atoms with Crippen LogP contribution in [0.4, 0.5) is 0 Å². The van der Waals surface area contributed by atoms with Gasteiger partial charge in [-0.15, -0.1) is 0 Å². The van der Waals surface area contributed by atoms with E-state index in [1.165, 1.54) is 0 Å². The molecule has 0 aliphatic heterocycles. The van der Waals surface area contributed by atoms with Gasteiger partial charge in [0.1, 0.15) is 0 Å². The minimum absolute atomic E-state index is 0.167. The van der Waals surface area contributed by atoms with Gasteiger partial charge in [-0.25, -0.2) is 0 Å². The van der Waals surface area contributed by atoms with Gasteiger partial charge in [0, 0.05) is 6.54 Å². The van der Waals surface area contributed by atoms with Gasteiger partial charge in [0.25, 0.3) is 0 Å². The fourth-order valence-electron chi connectivity index (χ4n) is 0.938. The Labute approximate surface area is 63.6 Å². The molecule has 0 rings (SSSR count). The lowest BCUT2D eigenvalue weighted by Gasteiger charge is -2.12. The van der Waals surface area contributed by atoms with Crippen molar-refractivity contribution in [2.75, 3.05) is 13.1 Å². The van der Waals surface area contributed by atoms with Gasteiger partial charge in [-0.05, 0) is 18.9 Å². The Morgan fingerprint density at radius 2 is 2.00 bits per heavy atom. The second-order valence-corrected chi connectivity index (χ2v) is 3.09. The molecule has 0 fully saturated rings. The van der Waals surface area contributed by atoms with Crippen molar-refractivity contribution in [2.24, 2.45) is 5.92 Å². The molecule has 0 aromatic rings. The largest absolute Gasteiger partial charge is 0.392 e. The van der Waals surface area contributed by atoms with E-state index in [0.717, 1.165) is 19.5 Å². The monoisotopic (exact) mass is 145 g/mol. The first-order valence-corrected chi connectivity index (χ1v) is 4.05. The lowest BCUT2D eigenvalue weighted by Crippen LogP contribution is -2.27. The van der Waals surface area contributed by atoms with Gasteiger partial charge in [-0.2, -0.15) is 0 Å². The average molecular weight is 145 g/mol. The van der Waals surface area contributed by atoms with Crippen molar-refractivity contribution in [2.45, 2.75) is 33.3 Å². The molecular formula is C8H19NO. The summed E-state index contributed by atoms with van der Waals surface area (Å²) < 4.78 is 0. The molecule has 0 aliphatic carbocycles. The van der Waals surface area contributed by atoms with E-state index < -0.39 is 0 Å². The Hall–Kier alpha value is -0.0800. The highest BCUT2D eigenvalue weighted by Crippen LogP contribution is 2.02. The van der Waals surface area contributed by atoms with Gasteiger partial charge in [-0.1, -0.05) is 20.8 Å². The van der Waals surface area contributed by atoms with Crippen molar-refractivity contribution < 1.29 is 5.11 Å². The normalized spacial score (nSPS) is 14.1. The van der Waals surface area contributed by atoms with Gasteiger partial charge < -0.3 is 10.4 Å². The van der Waals surface area contributed by atoms with Crippen molar-refractivity contribution in [3.63, 3.8) is 0 Å². The zero-order valence-electron chi connectivity index (χ0n) is 7.22. The predicted molar refractivity (Wildman–Crippen MR) is 44.0 cm³/mol. The Bertz CT molecular complexity index is 73.7. The summed E-state index contributed by atoms with van der Waals surface area (Å²) >= 11 is 0. The lowest BCUT2D eigenvalue weighted by atomic mass is 10.1. The molecule has 2 N–H and O–H groups in total. The fourth-order valence-corrected chi connectivity index (χ4v) is 0.938. The maximum absolute atomic E-state index is 9.29. The molecule has 10 heavy (non-hydrogen) atoms. The predicted octanol–water partition coefficient (Wildman–Crippen LogP) is 1.00. The van der Waals surface area contributed by atoms with Gasteiger partial charge in [-0.3, -0.25) is 0 Å². The first-order chi connectivity index (χ1) is 4.66. The molecule has 1 unspecified atom stereocenters. The topological polar surface area (TPSA) is 32.3 Å². The summed E-state index contributed by atoms with van der Waals surface area (Å²) in [4.78, 5) is 0. The molecule has 0 saturated heterocycles. The summed E-state index contributed by atoms with van der Waals surface area (Å²) in [5.41, 5.74) is 0. The van der Waals surface area contributed by atoms with Crippen molar-refractivity contribution in [3.05, 3.63) is 0 Å². The van der Waals surface area contributed by atoms with Crippen LogP contribution in [0.2, 0.25) is 0 Å². The summed E-state index contributed by atoms with van der Waals surface area (Å²) in [5, 5.41) is 12.4. The third kappa shape index (κ3) is 6.05. The molecule has 2 nitrogen and oxygen atoms in total. The van der Waals surface area contributed by atoms with Crippen LogP contribution in [0.1, 0.15) is 27.2 Å². The third-order valence-corrected chi connectivity index (χ3v) is 1.37. The first kappa shape index (κ1) is 9.92. The summed E-state index contributed by atoms with van der Waals surface area (Å²) in [5.74, 6) is 0.591. The first-order valence-electron chi connectivity index (χ1n) is 4.05. The van der Waals surface area contributed by atoms with Gasteiger partial charge in [0.05, 0.1) is 6.10 Å². The van der Waals surface area contributed by atoms with Crippen LogP contribution in [-0.4, -0.2) is 24.3 Å². The third-order valence-electron chi connectivity index (χ3n) is 1.37. The number of hydrogen-bond donors (Lipinski definition) is 2. The van der Waals surface area contributed by atoms with Crippen LogP contribution < -0.4 is 5.32 Å². The van der Waals surface area contributed by atoms with E-state index in [1.54, 1.807) is 0 Å². The molecule has 0 amide bonds. The van der Waals surface area contributed by atoms with Crippen molar-refractivity contribution in [3.8, 4) is 0 Å². The Balaban J connectivity index is 3.16. The standard InChI is InChI=1S/C8H19NO/c1-4-9-6-8(10)5-7(2)3/h7-10H,4-6H2,1-3H3. The van der Waals surface area contributed by atoms with E-state index >= 15 is 0 Å². The molecule has 0 radical (unpaired) electrons. The average Bonchev–Trinajstić information content (AvgIpc) is 1.82. The minimum atomic E-state index is -0.167. The summed E-state index contributed by atoms with van der Waals surface area (Å²) in [6.45, 7) is 7.95. The van der Waals surface area contributed by atoms with E-state index in [9.17, 15) is 5.11 Å². The number of aliphatic hydroxyl groups is 1. The SMILES string of the molecule is CCNCC(O)CC(C)C. The maximum atomic E-state index is 9.29. The summed E-state index contributed by atoms with van der Waals surface area (Å²) in [7, 11) is 0. The Morgan fingerprint density at radius 3 is 2.40 bits per heavy atom. The van der Waals surface area contributed by atoms with Crippen molar-refractivity contribution in [1.82, 2.24) is 5.32 Å². The molecule has 1 atom stereocenters. The van der Waals surface area contributed by atoms with E-state index in [1.807, 2.05) is 6.92 Å². The van der Waals surface area contributed by atoms with Crippen LogP contribution in [0.5, 0.6) is 0 Å². The molecule has 0 aromatic heterocycles. The zero-order valence-corrected chi connectivity index (χ0v) is 7.22. The van der Waals surface area contributed by atoms with Gasteiger partial charge in [0.15, 0.2) is 0 Å². The van der Waals surface area contributed by atoms with Crippen LogP contribution >= 0.6 is 0 Å². The lowest BCUT2D eigenvalue weighted by molar-refractivity contribution is 0.147. The second-order valence-electron chi connectivity index (χ2n) is 3.09. The van der Waals surface area contributed by atoms with Crippen LogP contribution in [0.3, 0.4) is 0 Å². The fraction of sp³-hybridized carbons (Fsp3) is 1.00. The second kappa shape index (κ2) is 5.69. The Kier molecular flexibility index (Phi) is 5.64. The zero-order chi connectivity index (χ0) is 7.98. The van der Waals surface area contributed by atoms with E-state index in [0.29, 0.717) is 5.92 Å². The number of hydrogen-bond acceptors (Lipinski definition) is 2. The molecule has 0 aromatic carbocycles. The number of rotatable bonds is 5. The highest BCUT2D eigenvalue weighted by Gasteiger charge is 2.04. The number of nitrogens with one attached hydrogen (secondary N) is 1. The Morgan fingerprint density at radius 1 is 1.40 bits per heavy atom. The molecule has 0 bridgehead atoms. The smallest absolute Gasteiger partial charge is 0.0667 e. The quantitative estimate of drug-likeness (QED) is 0.605. The van der Waals surface area contributed by atoms with Crippen LogP contribution in [0.15, 0.2) is 0 Å². The molecule has 62 valence electrons. The molecule has 2 heteroatoms. The molecule has 0 saturated carbocycles. The van der Waals surface area contributed by atoms with E-state index in [2.05, 4.69) is 19.2 Å². The van der Waals surface area contributed by atoms with Crippen LogP contribution in [0, 0.1) is 5.92 Å². The molecule has 0 heterocycles. The van der Waals surface area contributed by atoms with Crippen molar-refractivity contribution >= 4 is 0 Å². The van der Waals surface area contributed by atoms with Crippen LogP contribution in [-0.2, 0) is 0 Å². The molecule has 0 spiro atoms. The van der Waals surface area contributed by atoms with Crippen LogP contribution in [0.25, 0.3) is 0 Å². The maximum Gasteiger partial charge on any atom is 0.0667 e. The van der Waals surface area contributed by atoms with Gasteiger partial charge in [0.2, 0.25) is 0 Å². The van der Waals surface area contributed by atoms with E-state index in [-0.39, 0.29) is 6.10 Å². The molecular weight excluding hydrogens is 126 g/mol. The number of aliphatic hydroxyl groups excluding tert-OH is 1. The van der Waals surface area contributed by atoms with E-state index in [4.69, 9.17) is 0 Å². The molecule has 0 aliphatic rings. The summed E-state index contributed by atoms with van der Waals surface area (Å²) in [6.07, 6.45) is 0.729.